The van der Waals surface area contributed by atoms with Gasteiger partial charge < -0.3 is 4.90 Å². The molecule has 196 valence electrons. The third-order valence-corrected chi connectivity index (χ3v) is 8.78. The maximum Gasteiger partial charge on any atom is 0.248 e. The topological polar surface area (TPSA) is 3.24 Å². The molecule has 0 aliphatic carbocycles. The van der Waals surface area contributed by atoms with Gasteiger partial charge in [0.15, 0.2) is 0 Å². The van der Waals surface area contributed by atoms with E-state index in [0.29, 0.717) is 0 Å². The quantitative estimate of drug-likeness (QED) is 0.209. The molecule has 0 saturated heterocycles. The molecule has 0 amide bonds. The summed E-state index contributed by atoms with van der Waals surface area (Å²) in [5.74, 6) is 0. The molecule has 0 saturated carbocycles. The molecule has 40 heavy (non-hydrogen) atoms. The second-order valence-corrected chi connectivity index (χ2v) is 13.5. The van der Waals surface area contributed by atoms with Crippen LogP contribution in [-0.4, -0.2) is 6.71 Å². The molecule has 2 aliphatic heterocycles. The molecule has 0 fully saturated rings. The molecule has 0 radical (unpaired) electrons. The van der Waals surface area contributed by atoms with E-state index in [9.17, 15) is 0 Å². The van der Waals surface area contributed by atoms with E-state index < -0.39 is 0 Å². The van der Waals surface area contributed by atoms with Gasteiger partial charge in [0.05, 0.1) is 0 Å². The lowest BCUT2D eigenvalue weighted by Gasteiger charge is -2.38. The van der Waals surface area contributed by atoms with Gasteiger partial charge in [-0.2, -0.15) is 0 Å². The van der Waals surface area contributed by atoms with Crippen LogP contribution >= 0.6 is 0 Å². The summed E-state index contributed by atoms with van der Waals surface area (Å²) in [5.41, 5.74) is 16.1. The van der Waals surface area contributed by atoms with Gasteiger partial charge in [-0.25, -0.2) is 0 Å². The molecule has 7 rings (SSSR count). The maximum absolute atomic E-state index is 2.55. The lowest BCUT2D eigenvalue weighted by Crippen LogP contribution is -2.54. The number of hydrogen-bond donors (Lipinski definition) is 0. The minimum Gasteiger partial charge on any atom is -0.311 e. The Bertz CT molecular complexity index is 1770. The molecular formula is C38H36BN. The van der Waals surface area contributed by atoms with Gasteiger partial charge in [-0.15, -0.1) is 0 Å². The van der Waals surface area contributed by atoms with E-state index in [0.717, 1.165) is 0 Å². The van der Waals surface area contributed by atoms with Gasteiger partial charge in [0.1, 0.15) is 0 Å². The van der Waals surface area contributed by atoms with Crippen LogP contribution in [0.3, 0.4) is 0 Å². The molecule has 0 bridgehead atoms. The Labute approximate surface area is 239 Å². The molecule has 2 aliphatic rings. The maximum atomic E-state index is 2.55. The second-order valence-electron chi connectivity index (χ2n) is 13.5. The van der Waals surface area contributed by atoms with E-state index >= 15 is 0 Å². The molecule has 5 aromatic rings. The van der Waals surface area contributed by atoms with Crippen molar-refractivity contribution in [2.24, 2.45) is 0 Å². The van der Waals surface area contributed by atoms with Gasteiger partial charge in [0.2, 0.25) is 6.71 Å². The van der Waals surface area contributed by atoms with E-state index in [-0.39, 0.29) is 17.5 Å². The predicted molar refractivity (Wildman–Crippen MR) is 174 cm³/mol. The average Bonchev–Trinajstić information content (AvgIpc) is 3.28. The van der Waals surface area contributed by atoms with Crippen LogP contribution < -0.4 is 21.3 Å². The Morgan fingerprint density at radius 3 is 1.95 bits per heavy atom. The fraction of sp³-hybridized carbons (Fsp3) is 0.211. The SMILES string of the molecule is CC(C)(C)c1cccc(N2c3cc(C(C)(C)C)ccc3B3c4ccccc4-c4cc(-c5ccccc5)cc2c43)c1. The first kappa shape index (κ1) is 25.0. The standard InChI is InChI=1S/C38H36BN/c1-37(2,3)27-15-12-16-29(23-27)40-34-24-28(38(4,5)6)19-20-33(34)39-32-18-11-10-17-30(32)31-21-26(22-35(40)36(31)39)25-13-8-7-9-14-25/h7-24H,1-6H3. The zero-order valence-corrected chi connectivity index (χ0v) is 24.4. The van der Waals surface area contributed by atoms with E-state index in [1.54, 1.807) is 0 Å². The van der Waals surface area contributed by atoms with Crippen molar-refractivity contribution >= 4 is 40.2 Å². The monoisotopic (exact) mass is 517 g/mol. The highest BCUT2D eigenvalue weighted by Crippen LogP contribution is 2.44. The summed E-state index contributed by atoms with van der Waals surface area (Å²) in [4.78, 5) is 2.55. The third-order valence-electron chi connectivity index (χ3n) is 8.78. The lowest BCUT2D eigenvalue weighted by atomic mass is 9.37. The smallest absolute Gasteiger partial charge is 0.248 e. The van der Waals surface area contributed by atoms with Crippen molar-refractivity contribution in [3.63, 3.8) is 0 Å². The molecule has 0 unspecified atom stereocenters. The summed E-state index contributed by atoms with van der Waals surface area (Å²) in [7, 11) is 0. The third kappa shape index (κ3) is 3.85. The van der Waals surface area contributed by atoms with Gasteiger partial charge >= 0.3 is 0 Å². The molecular weight excluding hydrogens is 481 g/mol. The summed E-state index contributed by atoms with van der Waals surface area (Å²) >= 11 is 0. The van der Waals surface area contributed by atoms with E-state index in [1.165, 1.54) is 66.8 Å². The van der Waals surface area contributed by atoms with Crippen LogP contribution in [0.1, 0.15) is 52.7 Å². The number of fused-ring (bicyclic) bond motifs is 5. The lowest BCUT2D eigenvalue weighted by molar-refractivity contribution is 0.590. The first-order chi connectivity index (χ1) is 19.1. The van der Waals surface area contributed by atoms with E-state index in [1.807, 2.05) is 0 Å². The molecule has 0 spiro atoms. The van der Waals surface area contributed by atoms with Crippen LogP contribution in [0.15, 0.2) is 109 Å². The molecule has 2 heteroatoms. The van der Waals surface area contributed by atoms with Crippen LogP contribution in [0, 0.1) is 0 Å². The second kappa shape index (κ2) is 8.73. The van der Waals surface area contributed by atoms with Crippen molar-refractivity contribution in [2.75, 3.05) is 4.90 Å². The number of benzene rings is 5. The van der Waals surface area contributed by atoms with Gasteiger partial charge in [0.25, 0.3) is 0 Å². The summed E-state index contributed by atoms with van der Waals surface area (Å²) in [5, 5.41) is 0. The Balaban J connectivity index is 1.58. The predicted octanol–water partition coefficient (Wildman–Crippen LogP) is 8.23. The highest BCUT2D eigenvalue weighted by molar-refractivity contribution is 7.01. The summed E-state index contributed by atoms with van der Waals surface area (Å²) in [6.45, 7) is 14.1. The van der Waals surface area contributed by atoms with Crippen LogP contribution in [0.25, 0.3) is 22.3 Å². The van der Waals surface area contributed by atoms with E-state index in [4.69, 9.17) is 0 Å². The van der Waals surface area contributed by atoms with Crippen molar-refractivity contribution in [1.82, 2.24) is 0 Å². The van der Waals surface area contributed by atoms with Crippen LogP contribution in [0.2, 0.25) is 0 Å². The molecule has 2 heterocycles. The summed E-state index contributed by atoms with van der Waals surface area (Å²) in [6.07, 6.45) is 0. The summed E-state index contributed by atoms with van der Waals surface area (Å²) in [6, 6.07) is 41.1. The zero-order chi connectivity index (χ0) is 27.8. The van der Waals surface area contributed by atoms with Crippen molar-refractivity contribution in [3.05, 3.63) is 120 Å². The van der Waals surface area contributed by atoms with Crippen molar-refractivity contribution in [3.8, 4) is 22.3 Å². The zero-order valence-electron chi connectivity index (χ0n) is 24.4. The van der Waals surface area contributed by atoms with Gasteiger partial charge in [-0.1, -0.05) is 126 Å². The summed E-state index contributed by atoms with van der Waals surface area (Å²) < 4.78 is 0. The van der Waals surface area contributed by atoms with Gasteiger partial charge in [0, 0.05) is 17.1 Å². The number of rotatable bonds is 2. The molecule has 0 atom stereocenters. The highest BCUT2D eigenvalue weighted by Gasteiger charge is 2.43. The largest absolute Gasteiger partial charge is 0.311 e. The fourth-order valence-electron chi connectivity index (χ4n) is 6.59. The normalized spacial score (nSPS) is 13.7. The molecule has 5 aromatic carbocycles. The Hall–Kier alpha value is -4.04. The fourth-order valence-corrected chi connectivity index (χ4v) is 6.59. The molecule has 0 aromatic heterocycles. The first-order valence-corrected chi connectivity index (χ1v) is 14.5. The Kier molecular flexibility index (Phi) is 5.45. The highest BCUT2D eigenvalue weighted by atomic mass is 15.2. The number of nitrogens with zero attached hydrogens (tertiary/aromatic N) is 1. The Morgan fingerprint density at radius 2 is 1.20 bits per heavy atom. The minimum atomic E-state index is 0.0544. The Morgan fingerprint density at radius 1 is 0.500 bits per heavy atom. The minimum absolute atomic E-state index is 0.0544. The van der Waals surface area contributed by atoms with Crippen LogP contribution in [0.4, 0.5) is 17.1 Å². The van der Waals surface area contributed by atoms with Gasteiger partial charge in [-0.3, -0.25) is 0 Å². The van der Waals surface area contributed by atoms with Gasteiger partial charge in [-0.05, 0) is 85.5 Å². The van der Waals surface area contributed by atoms with Crippen LogP contribution in [-0.2, 0) is 10.8 Å². The van der Waals surface area contributed by atoms with Crippen LogP contribution in [0.5, 0.6) is 0 Å². The van der Waals surface area contributed by atoms with Crippen molar-refractivity contribution in [2.45, 2.75) is 52.4 Å². The average molecular weight is 518 g/mol. The molecule has 0 N–H and O–H groups in total. The van der Waals surface area contributed by atoms with Crippen molar-refractivity contribution < 1.29 is 0 Å². The first-order valence-electron chi connectivity index (χ1n) is 14.5. The number of hydrogen-bond acceptors (Lipinski definition) is 1. The number of anilines is 3. The molecule has 1 nitrogen and oxygen atoms in total. The van der Waals surface area contributed by atoms with E-state index in [2.05, 4.69) is 156 Å². The van der Waals surface area contributed by atoms with Crippen molar-refractivity contribution in [1.29, 1.82) is 0 Å².